The molecule has 1 saturated heterocycles. The summed E-state index contributed by atoms with van der Waals surface area (Å²) in [7, 11) is 0. The van der Waals surface area contributed by atoms with Gasteiger partial charge in [-0.15, -0.1) is 5.10 Å². The van der Waals surface area contributed by atoms with E-state index in [-0.39, 0.29) is 22.9 Å². The molecule has 2 heterocycles. The molecule has 4 rings (SSSR count). The number of quaternary nitrogens is 1. The molecule has 47 heavy (non-hydrogen) atoms. The van der Waals surface area contributed by atoms with Crippen molar-refractivity contribution in [3.63, 3.8) is 0 Å². The van der Waals surface area contributed by atoms with E-state index in [0.29, 0.717) is 17.2 Å². The summed E-state index contributed by atoms with van der Waals surface area (Å²) >= 11 is 0. The number of primary amides is 1. The van der Waals surface area contributed by atoms with E-state index in [1.54, 1.807) is 60.3 Å². The molecule has 0 unspecified atom stereocenters. The molecule has 3 N–H and O–H groups in total. The van der Waals surface area contributed by atoms with Crippen molar-refractivity contribution in [1.29, 1.82) is 0 Å². The van der Waals surface area contributed by atoms with Gasteiger partial charge in [0.2, 0.25) is 5.84 Å². The normalized spacial score (nSPS) is 25.6. The first-order chi connectivity index (χ1) is 22.4. The number of benzene rings is 2. The third-order valence-electron chi connectivity index (χ3n) is 9.87. The van der Waals surface area contributed by atoms with Gasteiger partial charge in [-0.1, -0.05) is 26.8 Å². The van der Waals surface area contributed by atoms with Gasteiger partial charge < -0.3 is 9.47 Å². The standard InChI is InChI=1S/C33H41F7N4O3/c1-17-13-20(34)11-12-21(17)25-26(46-30(8,9)29(6,7)44(25)16-24-41-27(45)43-42-24)47-31(10,28(3,4)5)22-14-19(32(35,36)37)15-23(18(22)2)33(38,39)40/h11-15,25-26H,16H2,1-10H3,(H2,41,42,43,45)/p+1/t25-,26+,31-/m0/s1/i/hD3. The smallest absolute Gasteiger partial charge is 0.343 e. The second-order valence-electron chi connectivity index (χ2n) is 14.2. The third kappa shape index (κ3) is 6.79. The van der Waals surface area contributed by atoms with E-state index in [1.165, 1.54) is 19.1 Å². The number of urea groups is 1. The van der Waals surface area contributed by atoms with Gasteiger partial charge in [-0.05, 0) is 100 Å². The summed E-state index contributed by atoms with van der Waals surface area (Å²) in [6.07, 6.45) is -11.8. The number of aryl methyl sites for hydroxylation is 1. The average Bonchev–Trinajstić information content (AvgIpc) is 3.12. The second-order valence-corrected chi connectivity index (χ2v) is 14.2. The van der Waals surface area contributed by atoms with Crippen molar-refractivity contribution in [2.45, 2.75) is 111 Å². The minimum Gasteiger partial charge on any atom is -0.343 e. The molecule has 7 nitrogen and oxygen atoms in total. The molecule has 2 aliphatic heterocycles. The van der Waals surface area contributed by atoms with Crippen LogP contribution in [0.2, 0.25) is 4.24 Å². The largest absolute Gasteiger partial charge is 0.439 e. The molecule has 0 aliphatic carbocycles. The highest BCUT2D eigenvalue weighted by Gasteiger charge is 2.58. The number of carbonyl (C=O) groups excluding carboxylic acids is 1. The van der Waals surface area contributed by atoms with Crippen LogP contribution in [-0.2, 0) is 27.4 Å². The minimum atomic E-state index is -5.14. The van der Waals surface area contributed by atoms with Crippen molar-refractivity contribution in [2.75, 3.05) is 6.54 Å². The van der Waals surface area contributed by atoms with E-state index in [2.05, 4.69) is 5.10 Å². The lowest BCUT2D eigenvalue weighted by atomic mass is 9.70. The second kappa shape index (κ2) is 11.8. The zero-order valence-electron chi connectivity index (χ0n) is 30.9. The predicted octanol–water partition coefficient (Wildman–Crippen LogP) is 7.31. The monoisotopic (exact) mass is 678 g/mol. The fourth-order valence-corrected chi connectivity index (χ4v) is 6.03. The summed E-state index contributed by atoms with van der Waals surface area (Å²) in [5, 5.41) is 1.94. The number of alkyl halides is 6. The topological polar surface area (TPSA) is 79.8 Å². The Morgan fingerprint density at radius 2 is 1.62 bits per heavy atom. The van der Waals surface area contributed by atoms with Crippen molar-refractivity contribution in [3.8, 4) is 0 Å². The van der Waals surface area contributed by atoms with Crippen LogP contribution in [0.15, 0.2) is 35.4 Å². The molecule has 2 aromatic rings. The van der Waals surface area contributed by atoms with Crippen LogP contribution in [0.5, 0.6) is 0 Å². The Morgan fingerprint density at radius 3 is 2.11 bits per heavy atom. The number of nitrogens with zero attached hydrogens (tertiary/aromatic N) is 2. The summed E-state index contributed by atoms with van der Waals surface area (Å²) < 4.78 is 138. The SMILES string of the molecule is [2H]N1N=C(CN2[C@@H](c3ccc(F)cc3C)[C@@H](O[C@@](C)(c3cc(C(F)(F)F)cc(C(F)(F)F)c3C)C(C)(C)C)OC(C)(C)C2(C)C)[N+]([2H])([2H])C1=O. The Morgan fingerprint density at radius 1 is 1.02 bits per heavy atom. The van der Waals surface area contributed by atoms with Crippen LogP contribution in [0.4, 0.5) is 35.5 Å². The van der Waals surface area contributed by atoms with Crippen LogP contribution in [-0.4, -0.2) is 40.7 Å². The van der Waals surface area contributed by atoms with Gasteiger partial charge in [0.05, 0.1) is 34.9 Å². The molecule has 0 bridgehead atoms. The Bertz CT molecular complexity index is 1710. The van der Waals surface area contributed by atoms with Gasteiger partial charge in [0, 0.05) is 5.54 Å². The van der Waals surface area contributed by atoms with Crippen LogP contribution in [0.1, 0.15) is 94.8 Å². The van der Waals surface area contributed by atoms with Crippen molar-refractivity contribution in [1.82, 2.24) is 10.3 Å². The molecule has 0 aromatic heterocycles. The van der Waals surface area contributed by atoms with Crippen molar-refractivity contribution >= 4 is 11.9 Å². The molecule has 1 fully saturated rings. The number of ether oxygens (including phenoxy) is 2. The van der Waals surface area contributed by atoms with Crippen molar-refractivity contribution in [2.24, 2.45) is 10.5 Å². The lowest BCUT2D eigenvalue weighted by molar-refractivity contribution is -0.427. The predicted molar refractivity (Wildman–Crippen MR) is 161 cm³/mol. The number of nitrogens with two attached hydrogens (primary N) is 1. The number of amides is 2. The number of hydrogen-bond donors (Lipinski definition) is 2. The highest BCUT2D eigenvalue weighted by molar-refractivity contribution is 5.87. The highest BCUT2D eigenvalue weighted by Crippen LogP contribution is 2.53. The van der Waals surface area contributed by atoms with E-state index < -0.39 is 87.2 Å². The average molecular weight is 679 g/mol. The van der Waals surface area contributed by atoms with Crippen molar-refractivity contribution < 1.29 is 54.5 Å². The highest BCUT2D eigenvalue weighted by atomic mass is 19.4. The number of amidine groups is 1. The molecule has 3 atom stereocenters. The van der Waals surface area contributed by atoms with Gasteiger partial charge in [0.1, 0.15) is 5.82 Å². The molecule has 260 valence electrons. The maximum atomic E-state index is 14.5. The van der Waals surface area contributed by atoms with E-state index in [1.807, 2.05) is 0 Å². The van der Waals surface area contributed by atoms with E-state index >= 15 is 0 Å². The lowest BCUT2D eigenvalue weighted by Crippen LogP contribution is -2.91. The van der Waals surface area contributed by atoms with Gasteiger partial charge in [-0.3, -0.25) is 4.90 Å². The summed E-state index contributed by atoms with van der Waals surface area (Å²) in [4.78, 5) is 14.2. The molecule has 2 aliphatic rings. The van der Waals surface area contributed by atoms with Gasteiger partial charge in [0.15, 0.2) is 7.70 Å². The molecule has 2 aromatic carbocycles. The first-order valence-corrected chi connectivity index (χ1v) is 14.9. The number of carbonyl (C=O) groups is 1. The van der Waals surface area contributed by atoms with E-state index in [0.717, 1.165) is 13.0 Å². The number of morpholine rings is 1. The van der Waals surface area contributed by atoms with Crippen molar-refractivity contribution in [3.05, 3.63) is 69.5 Å². The third-order valence-corrected chi connectivity index (χ3v) is 9.87. The van der Waals surface area contributed by atoms with Gasteiger partial charge in [-0.25, -0.2) is 14.5 Å². The Balaban J connectivity index is 2.03. The zero-order chi connectivity index (χ0) is 38.4. The van der Waals surface area contributed by atoms with E-state index in [9.17, 15) is 35.5 Å². The number of halogens is 7. The molecule has 2 amide bonds. The molecule has 0 saturated carbocycles. The fourth-order valence-electron chi connectivity index (χ4n) is 6.03. The Labute approximate surface area is 274 Å². The molecule has 0 radical (unpaired) electrons. The lowest BCUT2D eigenvalue weighted by Gasteiger charge is -2.60. The summed E-state index contributed by atoms with van der Waals surface area (Å²) in [5.41, 5.74) is -8.44. The van der Waals surface area contributed by atoms with Crippen LogP contribution in [0, 0.1) is 25.1 Å². The zero-order valence-corrected chi connectivity index (χ0v) is 27.9. The first-order valence-electron chi connectivity index (χ1n) is 16.3. The maximum Gasteiger partial charge on any atom is 0.439 e. The number of rotatable bonds is 6. The van der Waals surface area contributed by atoms with Crippen LogP contribution >= 0.6 is 0 Å². The number of hydrazone groups is 1. The Kier molecular flexibility index (Phi) is 8.16. The Hall–Kier alpha value is -3.07. The molecule has 14 heteroatoms. The van der Waals surface area contributed by atoms with Gasteiger partial charge in [-0.2, -0.15) is 31.8 Å². The number of hydrogen-bond acceptors (Lipinski definition) is 5. The van der Waals surface area contributed by atoms with Crippen LogP contribution < -0.4 is 10.7 Å². The number of nitrogens with one attached hydrogen (secondary N) is 1. The maximum absolute atomic E-state index is 14.5. The first kappa shape index (κ1) is 32.5. The summed E-state index contributed by atoms with van der Waals surface area (Å²) in [6, 6.07) is 2.13. The van der Waals surface area contributed by atoms with Gasteiger partial charge >= 0.3 is 21.2 Å². The summed E-state index contributed by atoms with van der Waals surface area (Å²) in [6.45, 7) is 15.3. The van der Waals surface area contributed by atoms with Crippen LogP contribution in [0.25, 0.3) is 0 Å². The van der Waals surface area contributed by atoms with E-state index in [4.69, 9.17) is 13.7 Å². The molecular formula is C33H42F7N4O3+. The molecular weight excluding hydrogens is 633 g/mol. The quantitative estimate of drug-likeness (QED) is 0.314. The minimum absolute atomic E-state index is 0.0719. The van der Waals surface area contributed by atoms with Crippen LogP contribution in [0.3, 0.4) is 0 Å². The van der Waals surface area contributed by atoms with Gasteiger partial charge in [0.25, 0.3) is 0 Å². The molecule has 0 spiro atoms. The summed E-state index contributed by atoms with van der Waals surface area (Å²) in [5.74, 6) is -0.976. The fraction of sp³-hybridized carbons (Fsp3) is 0.576.